The fourth-order valence-corrected chi connectivity index (χ4v) is 2.82. The van der Waals surface area contributed by atoms with Crippen molar-refractivity contribution in [2.24, 2.45) is 17.8 Å². The van der Waals surface area contributed by atoms with E-state index in [2.05, 4.69) is 44.8 Å². The Hall–Kier alpha value is -0.0800. The van der Waals surface area contributed by atoms with Gasteiger partial charge in [0.2, 0.25) is 0 Å². The molecule has 0 saturated carbocycles. The zero-order valence-electron chi connectivity index (χ0n) is 13.2. The average Bonchev–Trinajstić information content (AvgIpc) is 2.52. The second-order valence-corrected chi connectivity index (χ2v) is 6.84. The lowest BCUT2D eigenvalue weighted by atomic mass is 10.0. The Bertz CT molecular complexity index is 215. The van der Waals surface area contributed by atoms with Crippen LogP contribution in [0.4, 0.5) is 0 Å². The Morgan fingerprint density at radius 1 is 1.06 bits per heavy atom. The van der Waals surface area contributed by atoms with Crippen LogP contribution in [0.2, 0.25) is 0 Å². The number of hydrogen-bond donors (Lipinski definition) is 1. The van der Waals surface area contributed by atoms with E-state index in [1.165, 1.54) is 32.4 Å². The van der Waals surface area contributed by atoms with Crippen molar-refractivity contribution in [2.45, 2.75) is 59.9 Å². The molecule has 1 rings (SSSR count). The van der Waals surface area contributed by atoms with Gasteiger partial charge in [0.05, 0.1) is 0 Å². The zero-order valence-corrected chi connectivity index (χ0v) is 13.2. The molecule has 0 aromatic heterocycles. The molecule has 0 bridgehead atoms. The van der Waals surface area contributed by atoms with Crippen LogP contribution in [0.15, 0.2) is 0 Å². The Morgan fingerprint density at radius 3 is 2.44 bits per heavy atom. The molecular weight excluding hydrogens is 220 g/mol. The molecule has 0 spiro atoms. The Morgan fingerprint density at radius 2 is 1.78 bits per heavy atom. The van der Waals surface area contributed by atoms with Gasteiger partial charge < -0.3 is 10.2 Å². The average molecular weight is 254 g/mol. The smallest absolute Gasteiger partial charge is 0.0105 e. The minimum Gasteiger partial charge on any atom is -0.316 e. The molecule has 0 amide bonds. The minimum atomic E-state index is 0.718. The zero-order chi connectivity index (χ0) is 13.5. The molecule has 108 valence electrons. The number of nitrogens with one attached hydrogen (secondary N) is 1. The lowest BCUT2D eigenvalue weighted by molar-refractivity contribution is 0.163. The Labute approximate surface area is 115 Å². The summed E-state index contributed by atoms with van der Waals surface area (Å²) in [6.45, 7) is 16.7. The Balaban J connectivity index is 2.30. The van der Waals surface area contributed by atoms with Gasteiger partial charge in [-0.3, -0.25) is 0 Å². The van der Waals surface area contributed by atoms with Crippen molar-refractivity contribution in [3.63, 3.8) is 0 Å². The molecule has 3 atom stereocenters. The molecule has 0 aliphatic carbocycles. The SMILES string of the molecule is CC(C)CNCC(C)C(C)N1CCCC(C)CC1. The fourth-order valence-electron chi connectivity index (χ4n) is 2.82. The lowest BCUT2D eigenvalue weighted by Gasteiger charge is -2.32. The predicted octanol–water partition coefficient (Wildman–Crippen LogP) is 3.38. The van der Waals surface area contributed by atoms with Crippen LogP contribution in [0.5, 0.6) is 0 Å². The monoisotopic (exact) mass is 254 g/mol. The topological polar surface area (TPSA) is 15.3 Å². The second kappa shape index (κ2) is 8.16. The normalized spacial score (nSPS) is 26.0. The third-order valence-electron chi connectivity index (χ3n) is 4.47. The highest BCUT2D eigenvalue weighted by atomic mass is 15.2. The van der Waals surface area contributed by atoms with Gasteiger partial charge in [-0.25, -0.2) is 0 Å². The maximum Gasteiger partial charge on any atom is 0.0105 e. The molecule has 0 aromatic rings. The lowest BCUT2D eigenvalue weighted by Crippen LogP contribution is -2.42. The first kappa shape index (κ1) is 16.0. The maximum atomic E-state index is 3.60. The van der Waals surface area contributed by atoms with E-state index in [0.717, 1.165) is 36.9 Å². The van der Waals surface area contributed by atoms with Crippen LogP contribution in [0, 0.1) is 17.8 Å². The molecular formula is C16H34N2. The first-order valence-electron chi connectivity index (χ1n) is 7.95. The third kappa shape index (κ3) is 5.71. The maximum absolute atomic E-state index is 3.60. The summed E-state index contributed by atoms with van der Waals surface area (Å²) in [6, 6.07) is 0.718. The number of hydrogen-bond acceptors (Lipinski definition) is 2. The van der Waals surface area contributed by atoms with Gasteiger partial charge >= 0.3 is 0 Å². The van der Waals surface area contributed by atoms with Gasteiger partial charge in [-0.1, -0.05) is 27.7 Å². The van der Waals surface area contributed by atoms with E-state index in [-0.39, 0.29) is 0 Å². The highest BCUT2D eigenvalue weighted by Gasteiger charge is 2.22. The van der Waals surface area contributed by atoms with E-state index < -0.39 is 0 Å². The molecule has 1 N–H and O–H groups in total. The van der Waals surface area contributed by atoms with Gasteiger partial charge in [0.1, 0.15) is 0 Å². The summed E-state index contributed by atoms with van der Waals surface area (Å²) in [4.78, 5) is 2.71. The van der Waals surface area contributed by atoms with Crippen molar-refractivity contribution >= 4 is 0 Å². The predicted molar refractivity (Wildman–Crippen MR) is 80.9 cm³/mol. The van der Waals surface area contributed by atoms with Crippen LogP contribution in [0.1, 0.15) is 53.9 Å². The second-order valence-electron chi connectivity index (χ2n) is 6.84. The summed E-state index contributed by atoms with van der Waals surface area (Å²) in [5.41, 5.74) is 0. The van der Waals surface area contributed by atoms with E-state index >= 15 is 0 Å². The van der Waals surface area contributed by atoms with E-state index in [0.29, 0.717) is 0 Å². The third-order valence-corrected chi connectivity index (χ3v) is 4.47. The molecule has 1 heterocycles. The number of rotatable bonds is 6. The van der Waals surface area contributed by atoms with Crippen LogP contribution >= 0.6 is 0 Å². The van der Waals surface area contributed by atoms with Crippen LogP contribution in [-0.4, -0.2) is 37.1 Å². The Kier molecular flexibility index (Phi) is 7.25. The fraction of sp³-hybridized carbons (Fsp3) is 1.00. The molecule has 1 aliphatic rings. The van der Waals surface area contributed by atoms with E-state index in [1.807, 2.05) is 0 Å². The van der Waals surface area contributed by atoms with Gasteiger partial charge in [0.25, 0.3) is 0 Å². The van der Waals surface area contributed by atoms with Crippen molar-refractivity contribution in [3.8, 4) is 0 Å². The largest absolute Gasteiger partial charge is 0.316 e. The molecule has 0 radical (unpaired) electrons. The summed E-state index contributed by atoms with van der Waals surface area (Å²) >= 11 is 0. The van der Waals surface area contributed by atoms with E-state index in [9.17, 15) is 0 Å². The summed E-state index contributed by atoms with van der Waals surface area (Å²) in [5.74, 6) is 2.43. The first-order chi connectivity index (χ1) is 8.50. The van der Waals surface area contributed by atoms with E-state index in [4.69, 9.17) is 0 Å². The summed E-state index contributed by atoms with van der Waals surface area (Å²) in [7, 11) is 0. The molecule has 1 saturated heterocycles. The van der Waals surface area contributed by atoms with E-state index in [1.54, 1.807) is 0 Å². The molecule has 3 unspecified atom stereocenters. The van der Waals surface area contributed by atoms with Crippen molar-refractivity contribution in [2.75, 3.05) is 26.2 Å². The van der Waals surface area contributed by atoms with Gasteiger partial charge in [-0.15, -0.1) is 0 Å². The van der Waals surface area contributed by atoms with Gasteiger partial charge in [0.15, 0.2) is 0 Å². The van der Waals surface area contributed by atoms with Gasteiger partial charge in [-0.05, 0) is 70.1 Å². The van der Waals surface area contributed by atoms with Crippen molar-refractivity contribution in [1.29, 1.82) is 0 Å². The summed E-state index contributed by atoms with van der Waals surface area (Å²) < 4.78 is 0. The molecule has 2 heteroatoms. The van der Waals surface area contributed by atoms with Crippen molar-refractivity contribution in [3.05, 3.63) is 0 Å². The van der Waals surface area contributed by atoms with Crippen molar-refractivity contribution < 1.29 is 0 Å². The van der Waals surface area contributed by atoms with Gasteiger partial charge in [-0.2, -0.15) is 0 Å². The molecule has 0 aromatic carbocycles. The molecule has 1 fully saturated rings. The standard InChI is InChI=1S/C16H34N2/c1-13(2)11-17-12-15(4)16(5)18-9-6-7-14(3)8-10-18/h13-17H,6-12H2,1-5H3. The van der Waals surface area contributed by atoms with Crippen molar-refractivity contribution in [1.82, 2.24) is 10.2 Å². The van der Waals surface area contributed by atoms with Crippen LogP contribution in [0.25, 0.3) is 0 Å². The summed E-state index contributed by atoms with van der Waals surface area (Å²) in [5, 5.41) is 3.60. The molecule has 1 aliphatic heterocycles. The van der Waals surface area contributed by atoms with Crippen LogP contribution in [-0.2, 0) is 0 Å². The van der Waals surface area contributed by atoms with Crippen LogP contribution < -0.4 is 5.32 Å². The summed E-state index contributed by atoms with van der Waals surface area (Å²) in [6.07, 6.45) is 4.19. The molecule has 18 heavy (non-hydrogen) atoms. The minimum absolute atomic E-state index is 0.718. The number of nitrogens with zero attached hydrogens (tertiary/aromatic N) is 1. The highest BCUT2D eigenvalue weighted by Crippen LogP contribution is 2.20. The molecule has 2 nitrogen and oxygen atoms in total. The number of likely N-dealkylation sites (tertiary alicyclic amines) is 1. The highest BCUT2D eigenvalue weighted by molar-refractivity contribution is 4.77. The quantitative estimate of drug-likeness (QED) is 0.782. The first-order valence-corrected chi connectivity index (χ1v) is 7.95. The van der Waals surface area contributed by atoms with Crippen LogP contribution in [0.3, 0.4) is 0 Å². The van der Waals surface area contributed by atoms with Gasteiger partial charge in [0, 0.05) is 6.04 Å².